The maximum atomic E-state index is 12.0. The summed E-state index contributed by atoms with van der Waals surface area (Å²) in [5.74, 6) is 0.747. The van der Waals surface area contributed by atoms with E-state index in [2.05, 4.69) is 22.5 Å². The van der Waals surface area contributed by atoms with Crippen LogP contribution in [0.5, 0.6) is 0 Å². The number of nitrogens with one attached hydrogen (secondary N) is 2. The van der Waals surface area contributed by atoms with Gasteiger partial charge in [-0.1, -0.05) is 19.8 Å². The summed E-state index contributed by atoms with van der Waals surface area (Å²) in [4.78, 5) is 25.5. The minimum absolute atomic E-state index is 0.00650. The second kappa shape index (κ2) is 9.23. The normalized spacial score (nSPS) is 26.7. The van der Waals surface area contributed by atoms with Gasteiger partial charge < -0.3 is 15.4 Å². The summed E-state index contributed by atoms with van der Waals surface area (Å²) in [6.07, 6.45) is 6.67. The second-order valence-corrected chi connectivity index (χ2v) is 7.00. The van der Waals surface area contributed by atoms with Gasteiger partial charge in [-0.05, 0) is 31.6 Å². The Bertz CT molecular complexity index is 395. The molecule has 0 bridgehead atoms. The lowest BCUT2D eigenvalue weighted by Gasteiger charge is -2.32. The second-order valence-electron chi connectivity index (χ2n) is 7.00. The van der Waals surface area contributed by atoms with Gasteiger partial charge in [0.25, 0.3) is 0 Å². The Hall–Kier alpha value is -1.14. The van der Waals surface area contributed by atoms with Gasteiger partial charge >= 0.3 is 0 Å². The van der Waals surface area contributed by atoms with Crippen LogP contribution in [0.4, 0.5) is 0 Å². The lowest BCUT2D eigenvalue weighted by atomic mass is 9.89. The SMILES string of the molecule is CNC(=O)CN1CCC(NC(=O)COC2CCCC(C)C2)CC1. The molecule has 6 nitrogen and oxygen atoms in total. The third-order valence-electron chi connectivity index (χ3n) is 4.94. The number of ether oxygens (including phenoxy) is 1. The van der Waals surface area contributed by atoms with Crippen LogP contribution in [-0.2, 0) is 14.3 Å². The van der Waals surface area contributed by atoms with Crippen molar-refractivity contribution in [1.82, 2.24) is 15.5 Å². The van der Waals surface area contributed by atoms with E-state index in [1.165, 1.54) is 12.8 Å². The molecule has 2 unspecified atom stereocenters. The molecule has 6 heteroatoms. The van der Waals surface area contributed by atoms with Crippen molar-refractivity contribution in [1.29, 1.82) is 0 Å². The number of hydrogen-bond acceptors (Lipinski definition) is 4. The van der Waals surface area contributed by atoms with Crippen LogP contribution in [0.15, 0.2) is 0 Å². The smallest absolute Gasteiger partial charge is 0.246 e. The van der Waals surface area contributed by atoms with Crippen molar-refractivity contribution in [2.24, 2.45) is 5.92 Å². The molecule has 1 aliphatic carbocycles. The molecule has 0 aromatic heterocycles. The molecule has 1 aliphatic heterocycles. The molecule has 0 aromatic carbocycles. The quantitative estimate of drug-likeness (QED) is 0.761. The molecule has 1 heterocycles. The molecule has 1 saturated heterocycles. The summed E-state index contributed by atoms with van der Waals surface area (Å²) in [5.41, 5.74) is 0. The van der Waals surface area contributed by atoms with E-state index in [1.54, 1.807) is 7.05 Å². The van der Waals surface area contributed by atoms with Crippen LogP contribution in [0.1, 0.15) is 45.4 Å². The third-order valence-corrected chi connectivity index (χ3v) is 4.94. The van der Waals surface area contributed by atoms with Crippen molar-refractivity contribution >= 4 is 11.8 Å². The minimum Gasteiger partial charge on any atom is -0.368 e. The highest BCUT2D eigenvalue weighted by Crippen LogP contribution is 2.25. The Morgan fingerprint density at radius 3 is 2.52 bits per heavy atom. The van der Waals surface area contributed by atoms with Crippen LogP contribution in [-0.4, -0.2) is 62.1 Å². The highest BCUT2D eigenvalue weighted by Gasteiger charge is 2.23. The van der Waals surface area contributed by atoms with E-state index in [9.17, 15) is 9.59 Å². The molecule has 2 atom stereocenters. The topological polar surface area (TPSA) is 70.7 Å². The Morgan fingerprint density at radius 1 is 1.13 bits per heavy atom. The number of rotatable bonds is 6. The van der Waals surface area contributed by atoms with E-state index in [0.717, 1.165) is 38.8 Å². The van der Waals surface area contributed by atoms with E-state index in [-0.39, 0.29) is 30.6 Å². The maximum Gasteiger partial charge on any atom is 0.246 e. The van der Waals surface area contributed by atoms with Gasteiger partial charge in [-0.15, -0.1) is 0 Å². The fraction of sp³-hybridized carbons (Fsp3) is 0.882. The zero-order valence-electron chi connectivity index (χ0n) is 14.5. The molecule has 0 aromatic rings. The molecule has 0 radical (unpaired) electrons. The summed E-state index contributed by atoms with van der Waals surface area (Å²) >= 11 is 0. The van der Waals surface area contributed by atoms with Crippen molar-refractivity contribution in [2.75, 3.05) is 33.3 Å². The van der Waals surface area contributed by atoms with E-state index < -0.39 is 0 Å². The summed E-state index contributed by atoms with van der Waals surface area (Å²) in [5, 5.41) is 5.71. The zero-order valence-corrected chi connectivity index (χ0v) is 14.5. The number of hydrogen-bond donors (Lipinski definition) is 2. The largest absolute Gasteiger partial charge is 0.368 e. The van der Waals surface area contributed by atoms with E-state index in [0.29, 0.717) is 12.5 Å². The van der Waals surface area contributed by atoms with Gasteiger partial charge in [0.2, 0.25) is 11.8 Å². The van der Waals surface area contributed by atoms with Gasteiger partial charge in [0.1, 0.15) is 6.61 Å². The van der Waals surface area contributed by atoms with Crippen molar-refractivity contribution < 1.29 is 14.3 Å². The molecule has 2 rings (SSSR count). The minimum atomic E-state index is -0.00650. The molecule has 2 amide bonds. The summed E-state index contributed by atoms with van der Waals surface area (Å²) in [6.45, 7) is 4.57. The average Bonchev–Trinajstić information content (AvgIpc) is 2.55. The van der Waals surface area contributed by atoms with Gasteiger partial charge in [-0.25, -0.2) is 0 Å². The van der Waals surface area contributed by atoms with Gasteiger partial charge in [0.15, 0.2) is 0 Å². The zero-order chi connectivity index (χ0) is 16.7. The van der Waals surface area contributed by atoms with E-state index >= 15 is 0 Å². The van der Waals surface area contributed by atoms with Gasteiger partial charge in [-0.3, -0.25) is 14.5 Å². The highest BCUT2D eigenvalue weighted by molar-refractivity contribution is 5.78. The number of amides is 2. The first-order valence-corrected chi connectivity index (χ1v) is 8.90. The predicted octanol–water partition coefficient (Wildman–Crippen LogP) is 0.908. The van der Waals surface area contributed by atoms with Crippen LogP contribution >= 0.6 is 0 Å². The first-order valence-electron chi connectivity index (χ1n) is 8.90. The molecule has 2 fully saturated rings. The van der Waals surface area contributed by atoms with Crippen molar-refractivity contribution in [2.45, 2.75) is 57.6 Å². The highest BCUT2D eigenvalue weighted by atomic mass is 16.5. The molecule has 1 saturated carbocycles. The summed E-state index contributed by atoms with van der Waals surface area (Å²) < 4.78 is 5.77. The van der Waals surface area contributed by atoms with E-state index in [1.807, 2.05) is 0 Å². The van der Waals surface area contributed by atoms with Crippen molar-refractivity contribution in [3.05, 3.63) is 0 Å². The number of likely N-dealkylation sites (tertiary alicyclic amines) is 1. The first kappa shape index (κ1) is 18.2. The third kappa shape index (κ3) is 6.47. The first-order chi connectivity index (χ1) is 11.1. The monoisotopic (exact) mass is 325 g/mol. The molecule has 2 N–H and O–H groups in total. The van der Waals surface area contributed by atoms with Crippen molar-refractivity contribution in [3.8, 4) is 0 Å². The molecule has 0 spiro atoms. The van der Waals surface area contributed by atoms with Gasteiger partial charge in [0.05, 0.1) is 12.6 Å². The maximum absolute atomic E-state index is 12.0. The number of carbonyl (C=O) groups excluding carboxylic acids is 2. The Morgan fingerprint density at radius 2 is 1.87 bits per heavy atom. The fourth-order valence-corrected chi connectivity index (χ4v) is 3.51. The van der Waals surface area contributed by atoms with Crippen LogP contribution in [0.25, 0.3) is 0 Å². The molecule has 132 valence electrons. The molecule has 23 heavy (non-hydrogen) atoms. The Kier molecular flexibility index (Phi) is 7.30. The van der Waals surface area contributed by atoms with Crippen LogP contribution < -0.4 is 10.6 Å². The Balaban J connectivity index is 1.60. The predicted molar refractivity (Wildman–Crippen MR) is 89.0 cm³/mol. The van der Waals surface area contributed by atoms with Gasteiger partial charge in [0, 0.05) is 26.2 Å². The number of nitrogens with zero attached hydrogens (tertiary/aromatic N) is 1. The van der Waals surface area contributed by atoms with Crippen molar-refractivity contribution in [3.63, 3.8) is 0 Å². The van der Waals surface area contributed by atoms with Crippen LogP contribution in [0.3, 0.4) is 0 Å². The fourth-order valence-electron chi connectivity index (χ4n) is 3.51. The average molecular weight is 325 g/mol. The number of carbonyl (C=O) groups is 2. The van der Waals surface area contributed by atoms with Crippen LogP contribution in [0.2, 0.25) is 0 Å². The van der Waals surface area contributed by atoms with E-state index in [4.69, 9.17) is 4.74 Å². The lowest BCUT2D eigenvalue weighted by molar-refractivity contribution is -0.130. The molecule has 2 aliphatic rings. The standard InChI is InChI=1S/C17H31N3O3/c1-13-4-3-5-15(10-13)23-12-17(22)19-14-6-8-20(9-7-14)11-16(21)18-2/h13-15H,3-12H2,1-2H3,(H,18,21)(H,19,22). The molecular formula is C17H31N3O3. The number of piperidine rings is 1. The van der Waals surface area contributed by atoms with Gasteiger partial charge in [-0.2, -0.15) is 0 Å². The Labute approximate surface area is 139 Å². The molecular weight excluding hydrogens is 294 g/mol. The lowest BCUT2D eigenvalue weighted by Crippen LogP contribution is -2.47. The summed E-state index contributed by atoms with van der Waals surface area (Å²) in [7, 11) is 1.66. The number of likely N-dealkylation sites (N-methyl/N-ethyl adjacent to an activating group) is 1. The van der Waals surface area contributed by atoms with Crippen LogP contribution in [0, 0.1) is 5.92 Å². The summed E-state index contributed by atoms with van der Waals surface area (Å²) in [6, 6.07) is 0.206.